The molecule has 328 valence electrons. The first kappa shape index (κ1) is 46.1. The fourth-order valence-corrected chi connectivity index (χ4v) is 7.60. The van der Waals surface area contributed by atoms with Gasteiger partial charge in [-0.05, 0) is 49.4 Å². The molecule has 0 radical (unpaired) electrons. The van der Waals surface area contributed by atoms with E-state index in [2.05, 4.69) is 37.2 Å². The van der Waals surface area contributed by atoms with E-state index < -0.39 is 116 Å². The van der Waals surface area contributed by atoms with E-state index in [-0.39, 0.29) is 43.5 Å². The summed E-state index contributed by atoms with van der Waals surface area (Å²) < 4.78 is 43.9. The van der Waals surface area contributed by atoms with E-state index in [4.69, 9.17) is 25.3 Å². The van der Waals surface area contributed by atoms with Crippen LogP contribution in [0.25, 0.3) is 22.3 Å². The van der Waals surface area contributed by atoms with Gasteiger partial charge in [0.15, 0.2) is 0 Å². The number of primary amides is 1. The van der Waals surface area contributed by atoms with E-state index in [0.29, 0.717) is 16.9 Å². The van der Waals surface area contributed by atoms with Crippen LogP contribution in [-0.2, 0) is 57.0 Å². The van der Waals surface area contributed by atoms with E-state index in [1.54, 1.807) is 26.0 Å². The summed E-state index contributed by atoms with van der Waals surface area (Å²) in [7, 11) is 0. The number of carbonyl (C=O) groups is 7. The van der Waals surface area contributed by atoms with Gasteiger partial charge in [0.05, 0.1) is 48.4 Å². The van der Waals surface area contributed by atoms with Crippen molar-refractivity contribution in [2.24, 2.45) is 11.7 Å². The lowest BCUT2D eigenvalue weighted by atomic mass is 9.85. The Bertz CT molecular complexity index is 2320. The van der Waals surface area contributed by atoms with Crippen molar-refractivity contribution in [3.05, 3.63) is 61.8 Å². The molecule has 1 aromatic carbocycles. The minimum absolute atomic E-state index is 0.0268. The average molecular weight is 919 g/mol. The van der Waals surface area contributed by atoms with Crippen molar-refractivity contribution >= 4 is 68.5 Å². The maximum absolute atomic E-state index is 15.3. The largest absolute Gasteiger partial charge is 0.481 e. The number of benzene rings is 1. The number of hydrogen-bond donors (Lipinski definition) is 6. The minimum atomic E-state index is -3.72. The molecule has 2 aliphatic rings. The first-order valence-electron chi connectivity index (χ1n) is 19.5. The minimum Gasteiger partial charge on any atom is -0.481 e. The maximum Gasteiger partial charge on any atom is 0.355 e. The predicted molar refractivity (Wildman–Crippen MR) is 216 cm³/mol. The Balaban J connectivity index is 1.27. The standard InChI is InChI=1S/C40H46BrF2N7O11/c1-4-40(24-16-28-33-21(15-22-25(41)7-5-8-26(22)47-33)17-50(28)36(57)23(24)18-60-37(40)58)61-31(54)12-13-39(42,43)19-46-34(55)27(9-6-14-45-38(44)59)48-35(56)32(20(2)3)49-29(51)10-11-30(52)53/h5,7-8,15-16,20,27,32H,4,6,9-14,17-19H2,1-3H3,(H,46,55)(H,48,56)(H,49,51)(H,52,53)(H3,44,45,59)/t27-,32-,40-/m0/s1. The number of pyridine rings is 2. The molecule has 0 saturated heterocycles. The normalized spacial score (nSPS) is 16.3. The number of nitrogens with zero attached hydrogens (tertiary/aromatic N) is 2. The highest BCUT2D eigenvalue weighted by Crippen LogP contribution is 2.41. The number of cyclic esters (lactones) is 1. The summed E-state index contributed by atoms with van der Waals surface area (Å²) in [5.41, 5.74) is 4.85. The van der Waals surface area contributed by atoms with Crippen LogP contribution in [-0.4, -0.2) is 87.4 Å². The van der Waals surface area contributed by atoms with E-state index in [9.17, 15) is 38.4 Å². The first-order valence-corrected chi connectivity index (χ1v) is 20.3. The zero-order valence-electron chi connectivity index (χ0n) is 33.5. The van der Waals surface area contributed by atoms with Gasteiger partial charge in [-0.2, -0.15) is 0 Å². The van der Waals surface area contributed by atoms with Gasteiger partial charge in [0.2, 0.25) is 23.3 Å². The van der Waals surface area contributed by atoms with E-state index in [0.717, 1.165) is 15.4 Å². The topological polar surface area (TPSA) is 267 Å². The molecule has 5 rings (SSSR count). The first-order chi connectivity index (χ1) is 28.8. The molecule has 0 spiro atoms. The van der Waals surface area contributed by atoms with Gasteiger partial charge in [-0.25, -0.2) is 23.4 Å². The number of nitrogens with two attached hydrogens (primary N) is 1. The maximum atomic E-state index is 15.3. The highest BCUT2D eigenvalue weighted by molar-refractivity contribution is 9.10. The lowest BCUT2D eigenvalue weighted by Crippen LogP contribution is -2.56. The van der Waals surface area contributed by atoms with Crippen LogP contribution < -0.4 is 32.6 Å². The number of aromatic nitrogens is 2. The molecule has 0 bridgehead atoms. The van der Waals surface area contributed by atoms with Crippen LogP contribution in [0.2, 0.25) is 0 Å². The molecule has 2 aliphatic heterocycles. The lowest BCUT2D eigenvalue weighted by molar-refractivity contribution is -0.190. The van der Waals surface area contributed by atoms with Crippen molar-refractivity contribution < 1.29 is 56.9 Å². The monoisotopic (exact) mass is 917 g/mol. The number of ether oxygens (including phenoxy) is 2. The molecule has 4 heterocycles. The molecule has 0 unspecified atom stereocenters. The lowest BCUT2D eigenvalue weighted by Gasteiger charge is -2.35. The predicted octanol–water partition coefficient (Wildman–Crippen LogP) is 2.86. The second-order valence-corrected chi connectivity index (χ2v) is 16.0. The molecule has 3 atom stereocenters. The van der Waals surface area contributed by atoms with Gasteiger partial charge in [-0.3, -0.25) is 28.8 Å². The van der Waals surface area contributed by atoms with Crippen LogP contribution >= 0.6 is 15.9 Å². The summed E-state index contributed by atoms with van der Waals surface area (Å²) in [6, 6.07) is 5.43. The number of hydrogen-bond acceptors (Lipinski definition) is 11. The number of carbonyl (C=O) groups excluding carboxylic acids is 6. The van der Waals surface area contributed by atoms with Gasteiger partial charge in [-0.15, -0.1) is 0 Å². The quantitative estimate of drug-likeness (QED) is 0.0586. The number of urea groups is 1. The van der Waals surface area contributed by atoms with Crippen LogP contribution in [0.3, 0.4) is 0 Å². The van der Waals surface area contributed by atoms with E-state index >= 15 is 8.78 Å². The number of esters is 2. The Morgan fingerprint density at radius 1 is 1.07 bits per heavy atom. The highest BCUT2D eigenvalue weighted by atomic mass is 79.9. The second kappa shape index (κ2) is 19.2. The summed E-state index contributed by atoms with van der Waals surface area (Å²) in [6.07, 6.45) is -3.26. The SMILES string of the molecule is CC[C@@]1(OC(=O)CCC(F)(F)CNC(=O)[C@H](CCCNC(N)=O)NC(=O)[C@@H](NC(=O)CCC(=O)O)C(C)C)C(=O)OCc2c1cc1n(c2=O)Cc2cc3c(Br)cccc3nc2-1. The molecule has 0 fully saturated rings. The van der Waals surface area contributed by atoms with Gasteiger partial charge in [0.1, 0.15) is 18.7 Å². The Hall–Kier alpha value is -5.99. The average Bonchev–Trinajstić information content (AvgIpc) is 3.56. The Labute approximate surface area is 355 Å². The Morgan fingerprint density at radius 3 is 2.48 bits per heavy atom. The van der Waals surface area contributed by atoms with Gasteiger partial charge < -0.3 is 46.1 Å². The third-order valence-electron chi connectivity index (χ3n) is 10.4. The molecule has 0 aliphatic carbocycles. The van der Waals surface area contributed by atoms with Gasteiger partial charge >= 0.3 is 23.9 Å². The van der Waals surface area contributed by atoms with E-state index in [1.807, 2.05) is 18.2 Å². The summed E-state index contributed by atoms with van der Waals surface area (Å²) in [5.74, 6) is -10.3. The fourth-order valence-electron chi connectivity index (χ4n) is 7.13. The number of carboxylic acid groups (broad SMARTS) is 1. The van der Waals surface area contributed by atoms with Gasteiger partial charge in [0, 0.05) is 40.4 Å². The number of halogens is 3. The van der Waals surface area contributed by atoms with Crippen LogP contribution in [0.1, 0.15) is 82.4 Å². The fraction of sp³-hybridized carbons (Fsp3) is 0.475. The summed E-state index contributed by atoms with van der Waals surface area (Å²) >= 11 is 3.52. The van der Waals surface area contributed by atoms with Crippen LogP contribution in [0.15, 0.2) is 39.6 Å². The molecule has 7 N–H and O–H groups in total. The molecule has 21 heteroatoms. The van der Waals surface area contributed by atoms with Crippen LogP contribution in [0, 0.1) is 5.92 Å². The van der Waals surface area contributed by atoms with Crippen molar-refractivity contribution in [1.29, 1.82) is 0 Å². The van der Waals surface area contributed by atoms with Crippen molar-refractivity contribution in [1.82, 2.24) is 30.8 Å². The smallest absolute Gasteiger partial charge is 0.355 e. The van der Waals surface area contributed by atoms with Crippen molar-refractivity contribution in [2.75, 3.05) is 13.1 Å². The summed E-state index contributed by atoms with van der Waals surface area (Å²) in [4.78, 5) is 106. The Morgan fingerprint density at radius 2 is 1.80 bits per heavy atom. The number of alkyl halides is 2. The Kier molecular flexibility index (Phi) is 14.5. The summed E-state index contributed by atoms with van der Waals surface area (Å²) in [5, 5.41) is 18.9. The van der Waals surface area contributed by atoms with Crippen LogP contribution in [0.4, 0.5) is 13.6 Å². The van der Waals surface area contributed by atoms with E-state index in [1.165, 1.54) is 11.5 Å². The molecular weight excluding hydrogens is 872 g/mol. The van der Waals surface area contributed by atoms with Gasteiger partial charge in [-0.1, -0.05) is 42.8 Å². The molecule has 18 nitrogen and oxygen atoms in total. The number of fused-ring (bicyclic) bond motifs is 5. The number of nitrogens with one attached hydrogen (secondary N) is 4. The third kappa shape index (κ3) is 10.7. The van der Waals surface area contributed by atoms with Crippen molar-refractivity contribution in [2.45, 2.75) is 102 Å². The highest BCUT2D eigenvalue weighted by Gasteiger charge is 2.50. The van der Waals surface area contributed by atoms with Gasteiger partial charge in [0.25, 0.3) is 11.5 Å². The zero-order valence-corrected chi connectivity index (χ0v) is 35.1. The molecule has 3 aromatic rings. The molecule has 5 amide bonds. The summed E-state index contributed by atoms with van der Waals surface area (Å²) in [6.45, 7) is 3.17. The molecule has 0 saturated carbocycles. The number of rotatable bonds is 19. The number of amides is 5. The number of carboxylic acids is 1. The second-order valence-electron chi connectivity index (χ2n) is 15.1. The molecular formula is C40H46BrF2N7O11. The van der Waals surface area contributed by atoms with Crippen molar-refractivity contribution in [3.8, 4) is 11.4 Å². The molecule has 61 heavy (non-hydrogen) atoms. The van der Waals surface area contributed by atoms with Crippen LogP contribution in [0.5, 0.6) is 0 Å². The number of aliphatic carboxylic acids is 1. The molecule has 2 aromatic heterocycles. The van der Waals surface area contributed by atoms with Crippen molar-refractivity contribution in [3.63, 3.8) is 0 Å². The zero-order chi connectivity index (χ0) is 44.8. The third-order valence-corrected chi connectivity index (χ3v) is 11.1.